The highest BCUT2D eigenvalue weighted by Gasteiger charge is 2.20. The Hall–Kier alpha value is -2.51. The molecule has 0 saturated carbocycles. The molecule has 144 valence electrons. The molecular formula is C20H28N6O. The molecule has 1 unspecified atom stereocenters. The van der Waals surface area contributed by atoms with Crippen molar-refractivity contribution in [3.63, 3.8) is 0 Å². The summed E-state index contributed by atoms with van der Waals surface area (Å²) in [5.74, 6) is 0.859. The minimum Gasteiger partial charge on any atom is -0.384 e. The number of pyridine rings is 1. The summed E-state index contributed by atoms with van der Waals surface area (Å²) in [6.45, 7) is 9.44. The Morgan fingerprint density at radius 2 is 2.04 bits per heavy atom. The van der Waals surface area contributed by atoms with Crippen molar-refractivity contribution in [1.29, 1.82) is 0 Å². The van der Waals surface area contributed by atoms with E-state index in [1.165, 1.54) is 0 Å². The van der Waals surface area contributed by atoms with Gasteiger partial charge in [-0.25, -0.2) is 9.97 Å². The molecule has 1 aliphatic heterocycles. The third-order valence-electron chi connectivity index (χ3n) is 4.45. The first kappa shape index (κ1) is 19.3. The number of rotatable bonds is 4. The first-order valence-electron chi connectivity index (χ1n) is 9.51. The van der Waals surface area contributed by atoms with Crippen molar-refractivity contribution in [3.05, 3.63) is 42.5 Å². The first-order chi connectivity index (χ1) is 13.0. The summed E-state index contributed by atoms with van der Waals surface area (Å²) in [6.07, 6.45) is 6.37. The van der Waals surface area contributed by atoms with Gasteiger partial charge in [-0.15, -0.1) is 0 Å². The van der Waals surface area contributed by atoms with E-state index in [2.05, 4.69) is 20.6 Å². The minimum atomic E-state index is -1.01. The van der Waals surface area contributed by atoms with Crippen molar-refractivity contribution < 1.29 is 5.11 Å². The van der Waals surface area contributed by atoms with Crippen LogP contribution in [0, 0.1) is 0 Å². The molecule has 0 aromatic carbocycles. The zero-order valence-electron chi connectivity index (χ0n) is 16.4. The lowest BCUT2D eigenvalue weighted by Crippen LogP contribution is -2.22. The van der Waals surface area contributed by atoms with Gasteiger partial charge < -0.3 is 15.7 Å². The van der Waals surface area contributed by atoms with E-state index in [4.69, 9.17) is 4.98 Å². The third kappa shape index (κ3) is 4.26. The number of nitrogens with one attached hydrogen (secondary N) is 2. The van der Waals surface area contributed by atoms with Gasteiger partial charge in [0.25, 0.3) is 0 Å². The Kier molecular flexibility index (Phi) is 5.72. The molecule has 3 N–H and O–H groups in total. The highest BCUT2D eigenvalue weighted by Crippen LogP contribution is 2.23. The van der Waals surface area contributed by atoms with Crippen molar-refractivity contribution in [2.45, 2.75) is 45.8 Å². The van der Waals surface area contributed by atoms with Gasteiger partial charge in [0.05, 0.1) is 29.5 Å². The number of aliphatic hydroxyl groups is 1. The second-order valence-corrected chi connectivity index (χ2v) is 6.95. The van der Waals surface area contributed by atoms with E-state index < -0.39 is 5.60 Å². The third-order valence-corrected chi connectivity index (χ3v) is 4.45. The van der Waals surface area contributed by atoms with Crippen LogP contribution in [0.25, 0.3) is 17.0 Å². The lowest BCUT2D eigenvalue weighted by Gasteiger charge is -2.16. The molecule has 0 radical (unpaired) electrons. The minimum absolute atomic E-state index is 0.413. The summed E-state index contributed by atoms with van der Waals surface area (Å²) in [5.41, 5.74) is 2.00. The van der Waals surface area contributed by atoms with Crippen LogP contribution in [0.5, 0.6) is 0 Å². The van der Waals surface area contributed by atoms with E-state index in [1.54, 1.807) is 26.2 Å². The molecule has 7 nitrogen and oxygen atoms in total. The summed E-state index contributed by atoms with van der Waals surface area (Å²) in [4.78, 5) is 13.4. The van der Waals surface area contributed by atoms with Gasteiger partial charge in [0.2, 0.25) is 0 Å². The molecule has 1 aliphatic rings. The molecule has 0 amide bonds. The highest BCUT2D eigenvalue weighted by atomic mass is 16.3. The van der Waals surface area contributed by atoms with E-state index >= 15 is 0 Å². The fourth-order valence-electron chi connectivity index (χ4n) is 3.04. The number of aromatic nitrogens is 4. The van der Waals surface area contributed by atoms with Gasteiger partial charge in [-0.05, 0) is 38.9 Å². The fourth-order valence-corrected chi connectivity index (χ4v) is 3.04. The molecule has 0 aliphatic carbocycles. The molecule has 27 heavy (non-hydrogen) atoms. The second-order valence-electron chi connectivity index (χ2n) is 6.95. The molecule has 1 fully saturated rings. The molecule has 1 saturated heterocycles. The molecule has 3 aromatic rings. The van der Waals surface area contributed by atoms with Gasteiger partial charge in [0.15, 0.2) is 5.65 Å². The van der Waals surface area contributed by atoms with Crippen molar-refractivity contribution >= 4 is 11.5 Å². The van der Waals surface area contributed by atoms with E-state index in [-0.39, 0.29) is 0 Å². The molecule has 7 heteroatoms. The second kappa shape index (κ2) is 8.02. The van der Waals surface area contributed by atoms with Crippen LogP contribution in [0.3, 0.4) is 0 Å². The number of nitrogens with zero attached hydrogens (tertiary/aromatic N) is 4. The van der Waals surface area contributed by atoms with Crippen molar-refractivity contribution in [1.82, 2.24) is 24.7 Å². The largest absolute Gasteiger partial charge is 0.384 e. The Balaban J connectivity index is 0.00000102. The smallest absolute Gasteiger partial charge is 0.155 e. The predicted octanol–water partition coefficient (Wildman–Crippen LogP) is 2.82. The van der Waals surface area contributed by atoms with Gasteiger partial charge >= 0.3 is 0 Å². The lowest BCUT2D eigenvalue weighted by atomic mass is 10.1. The molecule has 4 rings (SSSR count). The summed E-state index contributed by atoms with van der Waals surface area (Å²) >= 11 is 0. The molecule has 0 spiro atoms. The standard InChI is InChI=1S/C18H22N6O.C2H6/c1-18(2,25)15-11-24-14(9-21-17(24)10-20-15)13-4-3-5-16(23-13)22-12-6-7-19-8-12;1-2/h3-5,9-12,19,25H,6-8H2,1-2H3,(H,22,23);1-2H3. The van der Waals surface area contributed by atoms with Crippen LogP contribution in [0.1, 0.15) is 39.8 Å². The van der Waals surface area contributed by atoms with Crippen LogP contribution in [-0.4, -0.2) is 43.6 Å². The van der Waals surface area contributed by atoms with Gasteiger partial charge in [-0.3, -0.25) is 9.38 Å². The van der Waals surface area contributed by atoms with Crippen LogP contribution in [0.15, 0.2) is 36.8 Å². The SMILES string of the molecule is CC.CC(C)(O)c1cn2c(-c3cccc(NC4CCNC4)n3)cnc2cn1. The monoisotopic (exact) mass is 368 g/mol. The van der Waals surface area contributed by atoms with E-state index in [1.807, 2.05) is 42.6 Å². The van der Waals surface area contributed by atoms with Crippen molar-refractivity contribution in [2.75, 3.05) is 18.4 Å². The van der Waals surface area contributed by atoms with Crippen molar-refractivity contribution in [2.24, 2.45) is 0 Å². The lowest BCUT2D eigenvalue weighted by molar-refractivity contribution is 0.0734. The highest BCUT2D eigenvalue weighted by molar-refractivity contribution is 5.61. The number of hydrogen-bond acceptors (Lipinski definition) is 6. The van der Waals surface area contributed by atoms with Gasteiger partial charge in [0.1, 0.15) is 11.4 Å². The maximum Gasteiger partial charge on any atom is 0.155 e. The quantitative estimate of drug-likeness (QED) is 0.656. The number of hydrogen-bond donors (Lipinski definition) is 3. The zero-order chi connectivity index (χ0) is 19.4. The van der Waals surface area contributed by atoms with Gasteiger partial charge in [0, 0.05) is 18.8 Å². The molecular weight excluding hydrogens is 340 g/mol. The number of imidazole rings is 1. The Morgan fingerprint density at radius 3 is 2.74 bits per heavy atom. The van der Waals surface area contributed by atoms with E-state index in [9.17, 15) is 5.11 Å². The molecule has 1 atom stereocenters. The Bertz CT molecular complexity index is 893. The average molecular weight is 368 g/mol. The van der Waals surface area contributed by atoms with Crippen molar-refractivity contribution in [3.8, 4) is 11.4 Å². The Morgan fingerprint density at radius 1 is 1.22 bits per heavy atom. The average Bonchev–Trinajstić information content (AvgIpc) is 3.32. The first-order valence-corrected chi connectivity index (χ1v) is 9.51. The summed E-state index contributed by atoms with van der Waals surface area (Å²) in [6, 6.07) is 6.35. The topological polar surface area (TPSA) is 87.4 Å². The fraction of sp³-hybridized carbons (Fsp3) is 0.450. The molecule has 3 aromatic heterocycles. The van der Waals surface area contributed by atoms with E-state index in [0.717, 1.165) is 42.4 Å². The van der Waals surface area contributed by atoms with Gasteiger partial charge in [-0.2, -0.15) is 0 Å². The van der Waals surface area contributed by atoms with Crippen LogP contribution < -0.4 is 10.6 Å². The van der Waals surface area contributed by atoms with Crippen LogP contribution >= 0.6 is 0 Å². The van der Waals surface area contributed by atoms with Crippen LogP contribution in [0.4, 0.5) is 5.82 Å². The van der Waals surface area contributed by atoms with E-state index in [0.29, 0.717) is 11.7 Å². The molecule has 4 heterocycles. The zero-order valence-corrected chi connectivity index (χ0v) is 16.4. The number of anilines is 1. The predicted molar refractivity (Wildman–Crippen MR) is 108 cm³/mol. The van der Waals surface area contributed by atoms with Gasteiger partial charge in [-0.1, -0.05) is 19.9 Å². The molecule has 0 bridgehead atoms. The van der Waals surface area contributed by atoms with Crippen LogP contribution in [0.2, 0.25) is 0 Å². The Labute approximate surface area is 159 Å². The summed E-state index contributed by atoms with van der Waals surface area (Å²) < 4.78 is 1.92. The summed E-state index contributed by atoms with van der Waals surface area (Å²) in [7, 11) is 0. The summed E-state index contributed by atoms with van der Waals surface area (Å²) in [5, 5.41) is 17.0. The van der Waals surface area contributed by atoms with Crippen LogP contribution in [-0.2, 0) is 5.60 Å². The maximum absolute atomic E-state index is 10.2. The normalized spacial score (nSPS) is 16.9. The maximum atomic E-state index is 10.2. The number of fused-ring (bicyclic) bond motifs is 1.